The highest BCUT2D eigenvalue weighted by Crippen LogP contribution is 2.62. The number of hydrogen-bond acceptors (Lipinski definition) is 4. The molecule has 5 rings (SSSR count). The summed E-state index contributed by atoms with van der Waals surface area (Å²) in [6.45, 7) is -2.29. The molecule has 1 N–H and O–H groups in total. The van der Waals surface area contributed by atoms with Crippen LogP contribution >= 0.6 is 0 Å². The lowest BCUT2D eigenvalue weighted by atomic mass is 9.53. The van der Waals surface area contributed by atoms with Gasteiger partial charge in [0.15, 0.2) is 11.5 Å². The van der Waals surface area contributed by atoms with Crippen LogP contribution in [-0.4, -0.2) is 48.9 Å². The van der Waals surface area contributed by atoms with Crippen LogP contribution in [0.1, 0.15) is 27.1 Å². The lowest BCUT2D eigenvalue weighted by Crippen LogP contribution is -2.64. The maximum absolute atomic E-state index is 10.8. The van der Waals surface area contributed by atoms with Crippen molar-refractivity contribution in [2.24, 2.45) is 5.89 Å². The van der Waals surface area contributed by atoms with Crippen LogP contribution in [0.5, 0.6) is 11.5 Å². The average Bonchev–Trinajstić information content (AvgIpc) is 2.95. The molecule has 4 heteroatoms. The monoisotopic (exact) mass is 306 g/mol. The minimum absolute atomic E-state index is 0.0485. The Labute approximate surface area is 140 Å². The van der Waals surface area contributed by atoms with Crippen LogP contribution in [-0.2, 0) is 11.8 Å². The molecule has 1 spiro atoms. The van der Waals surface area contributed by atoms with Gasteiger partial charge in [-0.3, -0.25) is 0 Å². The van der Waals surface area contributed by atoms with Gasteiger partial charge in [0.1, 0.15) is 12.2 Å². The molecule has 0 saturated carbocycles. The first kappa shape index (κ1) is 7.84. The molecule has 22 heavy (non-hydrogen) atoms. The lowest BCUT2D eigenvalue weighted by molar-refractivity contribution is -0.0453. The van der Waals surface area contributed by atoms with Crippen LogP contribution in [0.4, 0.5) is 0 Å². The fourth-order valence-electron chi connectivity index (χ4n) is 4.60. The van der Waals surface area contributed by atoms with Gasteiger partial charge in [-0.05, 0) is 38.0 Å². The molecule has 0 radical (unpaired) electrons. The fourth-order valence-corrected chi connectivity index (χ4v) is 4.60. The second-order valence-electron chi connectivity index (χ2n) is 6.31. The highest BCUT2D eigenvalue weighted by Gasteiger charge is 2.64. The number of ether oxygens (including phenoxy) is 2. The topological polar surface area (TPSA) is 41.9 Å². The molecule has 5 atom stereocenters. The number of likely N-dealkylation sites (N-methyl/N-ethyl adjacent to an activating group) is 1. The summed E-state index contributed by atoms with van der Waals surface area (Å²) in [5, 5.41) is 10.8. The van der Waals surface area contributed by atoms with E-state index in [9.17, 15) is 6.48 Å². The summed E-state index contributed by atoms with van der Waals surface area (Å²) in [4.78, 5) is 1.30. The third-order valence-electron chi connectivity index (χ3n) is 5.49. The van der Waals surface area contributed by atoms with E-state index in [-0.39, 0.29) is 43.0 Å². The Kier molecular flexibility index (Phi) is 1.45. The van der Waals surface area contributed by atoms with Crippen LogP contribution in [0.25, 0.3) is 0 Å². The molecule has 2 aliphatic heterocycles. The molecule has 2 unspecified atom stereocenters. The Bertz CT molecular complexity index is 962. The zero-order valence-electron chi connectivity index (χ0n) is 19.1. The van der Waals surface area contributed by atoms with E-state index >= 15 is 0 Å². The Balaban J connectivity index is 1.88. The highest BCUT2D eigenvalue weighted by atomic mass is 16.5. The molecule has 4 aliphatic rings. The van der Waals surface area contributed by atoms with Crippen molar-refractivity contribution in [1.82, 2.24) is 4.90 Å². The van der Waals surface area contributed by atoms with Gasteiger partial charge in [-0.1, -0.05) is 18.2 Å². The van der Waals surface area contributed by atoms with Crippen molar-refractivity contribution in [2.75, 3.05) is 20.6 Å². The van der Waals surface area contributed by atoms with Crippen LogP contribution < -0.4 is 9.47 Å². The molecular formula is C18H21NO3. The Morgan fingerprint density at radius 1 is 1.55 bits per heavy atom. The smallest absolute Gasteiger partial charge is 0.165 e. The summed E-state index contributed by atoms with van der Waals surface area (Å²) >= 11 is 0. The molecule has 1 saturated heterocycles. The fraction of sp³-hybridized carbons (Fsp3) is 0.556. The third kappa shape index (κ3) is 1.28. The zero-order chi connectivity index (χ0) is 21.1. The predicted molar refractivity (Wildman–Crippen MR) is 82.5 cm³/mol. The number of methoxy groups -OCH3 is 1. The SMILES string of the molecule is [2H]c1c([2H])c(OC)c2c3c1C[C@H]1N(C([2H])([2H])[2H])CC[C@@]34C(O2)C([2H])(O)C=C[C@@]14[2H]. The van der Waals surface area contributed by atoms with Crippen molar-refractivity contribution in [3.8, 4) is 11.5 Å². The second-order valence-corrected chi connectivity index (χ2v) is 6.31. The van der Waals surface area contributed by atoms with Gasteiger partial charge in [0.25, 0.3) is 0 Å². The van der Waals surface area contributed by atoms with E-state index in [0.717, 1.165) is 0 Å². The molecular weight excluding hydrogens is 278 g/mol. The molecule has 116 valence electrons. The minimum Gasteiger partial charge on any atom is -0.493 e. The molecule has 1 aromatic carbocycles. The van der Waals surface area contributed by atoms with E-state index < -0.39 is 36.5 Å². The summed E-state index contributed by atoms with van der Waals surface area (Å²) in [7, 11) is 1.36. The number of piperidine rings is 1. The maximum atomic E-state index is 10.8. The van der Waals surface area contributed by atoms with Gasteiger partial charge in [-0.15, -0.1) is 0 Å². The standard InChI is InChI=1S/C18H21NO3/c1-19-8-7-18-11-4-5-13(20)17(18)22-16-14(21-2)6-3-10(15(16)18)9-12(11)19/h3-6,11-13,17,20H,7-9H2,1-2H3/t11-,12+,13?,17?,18-/m0/s1/i1D3,3D,6D,11D,13D. The van der Waals surface area contributed by atoms with Gasteiger partial charge in [-0.25, -0.2) is 0 Å². The molecule has 1 fully saturated rings. The molecule has 0 amide bonds. The van der Waals surface area contributed by atoms with Crippen molar-refractivity contribution in [3.63, 3.8) is 0 Å². The van der Waals surface area contributed by atoms with Crippen LogP contribution in [0.3, 0.4) is 0 Å². The van der Waals surface area contributed by atoms with Crippen LogP contribution in [0.2, 0.25) is 0 Å². The largest absolute Gasteiger partial charge is 0.493 e. The lowest BCUT2D eigenvalue weighted by Gasteiger charge is -2.56. The first-order valence-electron chi connectivity index (χ1n) is 11.0. The number of aliphatic hydroxyl groups is 1. The van der Waals surface area contributed by atoms with E-state index in [1.54, 1.807) is 0 Å². The summed E-state index contributed by atoms with van der Waals surface area (Å²) in [6, 6.07) is -1.09. The number of benzene rings is 1. The maximum Gasteiger partial charge on any atom is 0.165 e. The summed E-state index contributed by atoms with van der Waals surface area (Å²) in [5.74, 6) is -1.23. The normalized spacial score (nSPS) is 52.9. The molecule has 2 heterocycles. The first-order chi connectivity index (χ1) is 13.4. The van der Waals surface area contributed by atoms with E-state index in [2.05, 4.69) is 0 Å². The summed E-state index contributed by atoms with van der Waals surface area (Å²) in [6.07, 6.45) is -0.404. The zero-order valence-corrected chi connectivity index (χ0v) is 12.1. The first-order valence-corrected chi connectivity index (χ1v) is 7.47. The van der Waals surface area contributed by atoms with Crippen molar-refractivity contribution in [2.45, 2.75) is 36.5 Å². The van der Waals surface area contributed by atoms with Gasteiger partial charge < -0.3 is 19.5 Å². The van der Waals surface area contributed by atoms with Gasteiger partial charge in [-0.2, -0.15) is 0 Å². The van der Waals surface area contributed by atoms with E-state index in [1.807, 2.05) is 0 Å². The Hall–Kier alpha value is -1.52. The third-order valence-corrected chi connectivity index (χ3v) is 5.49. The van der Waals surface area contributed by atoms with Gasteiger partial charge in [0.2, 0.25) is 0 Å². The summed E-state index contributed by atoms with van der Waals surface area (Å²) in [5.41, 5.74) is -0.238. The molecule has 4 nitrogen and oxygen atoms in total. The van der Waals surface area contributed by atoms with Gasteiger partial charge in [0.05, 0.1) is 11.2 Å². The number of nitrogens with zero attached hydrogens (tertiary/aromatic N) is 1. The van der Waals surface area contributed by atoms with E-state index in [0.29, 0.717) is 11.1 Å². The quantitative estimate of drug-likeness (QED) is 0.799. The van der Waals surface area contributed by atoms with Crippen molar-refractivity contribution in [3.05, 3.63) is 35.4 Å². The molecule has 2 bridgehead atoms. The second kappa shape index (κ2) is 4.06. The van der Waals surface area contributed by atoms with Gasteiger partial charge in [0, 0.05) is 28.4 Å². The highest BCUT2D eigenvalue weighted by molar-refractivity contribution is 5.62. The van der Waals surface area contributed by atoms with E-state index in [1.165, 1.54) is 24.2 Å². The Morgan fingerprint density at radius 3 is 3.27 bits per heavy atom. The van der Waals surface area contributed by atoms with Crippen LogP contribution in [0.15, 0.2) is 24.2 Å². The van der Waals surface area contributed by atoms with Crippen LogP contribution in [0, 0.1) is 5.89 Å². The van der Waals surface area contributed by atoms with Crippen molar-refractivity contribution in [1.29, 1.82) is 0 Å². The van der Waals surface area contributed by atoms with E-state index in [4.69, 9.17) is 17.7 Å². The molecule has 0 aromatic heterocycles. The van der Waals surface area contributed by atoms with Crippen molar-refractivity contribution < 1.29 is 24.2 Å². The average molecular weight is 306 g/mol. The number of rotatable bonds is 1. The Morgan fingerprint density at radius 2 is 2.45 bits per heavy atom. The summed E-state index contributed by atoms with van der Waals surface area (Å²) < 4.78 is 69.9. The molecule has 1 aromatic rings. The minimum atomic E-state index is -2.43. The van der Waals surface area contributed by atoms with Gasteiger partial charge >= 0.3 is 0 Å². The number of hydrogen-bond donors (Lipinski definition) is 1. The predicted octanol–water partition coefficient (Wildman–Crippen LogP) is 1.50. The number of likely N-dealkylation sites (tertiary alicyclic amines) is 1. The van der Waals surface area contributed by atoms with Crippen molar-refractivity contribution >= 4 is 0 Å². The molecule has 2 aliphatic carbocycles.